The lowest BCUT2D eigenvalue weighted by atomic mass is 9.54. The summed E-state index contributed by atoms with van der Waals surface area (Å²) in [6.45, 7) is 4.65. The molecule has 6 aliphatic heterocycles. The third-order valence-electron chi connectivity index (χ3n) is 11.6. The molecule has 7 aliphatic rings. The predicted octanol–water partition coefficient (Wildman–Crippen LogP) is 4.17. The molecule has 0 radical (unpaired) electrons. The van der Waals surface area contributed by atoms with Gasteiger partial charge in [0.15, 0.2) is 0 Å². The maximum Gasteiger partial charge on any atom is 0.116 e. The van der Waals surface area contributed by atoms with Gasteiger partial charge in [0, 0.05) is 29.8 Å². The van der Waals surface area contributed by atoms with Crippen molar-refractivity contribution in [3.05, 3.63) is 76.1 Å². The average molecular weight is 583 g/mol. The fourth-order valence-corrected chi connectivity index (χ4v) is 9.96. The number of hydrogen-bond acceptors (Lipinski definition) is 7. The van der Waals surface area contributed by atoms with E-state index in [0.717, 1.165) is 97.8 Å². The Morgan fingerprint density at radius 2 is 1.77 bits per heavy atom. The minimum atomic E-state index is -1.02. The van der Waals surface area contributed by atoms with Crippen LogP contribution < -0.4 is 10.6 Å². The van der Waals surface area contributed by atoms with Gasteiger partial charge in [0.05, 0.1) is 28.4 Å². The average Bonchev–Trinajstić information content (AvgIpc) is 3.48. The zero-order valence-electron chi connectivity index (χ0n) is 25.3. The van der Waals surface area contributed by atoms with Gasteiger partial charge in [-0.25, -0.2) is 4.99 Å². The smallest absolute Gasteiger partial charge is 0.116 e. The maximum atomic E-state index is 13.1. The fourth-order valence-electron chi connectivity index (χ4n) is 9.96. The van der Waals surface area contributed by atoms with E-state index in [0.29, 0.717) is 25.4 Å². The molecule has 3 N–H and O–H groups in total. The van der Waals surface area contributed by atoms with Crippen molar-refractivity contribution in [3.8, 4) is 5.75 Å². The first-order valence-electron chi connectivity index (χ1n) is 16.8. The van der Waals surface area contributed by atoms with Crippen LogP contribution in [0.5, 0.6) is 5.75 Å². The van der Waals surface area contributed by atoms with Gasteiger partial charge in [-0.2, -0.15) is 0 Å². The number of nitrogens with zero attached hydrogens (tertiary/aromatic N) is 4. The van der Waals surface area contributed by atoms with Crippen molar-refractivity contribution in [1.82, 2.24) is 14.9 Å². The van der Waals surface area contributed by atoms with Crippen LogP contribution in [0.2, 0.25) is 0 Å². The predicted molar refractivity (Wildman–Crippen MR) is 167 cm³/mol. The highest BCUT2D eigenvalue weighted by atomic mass is 16.5. The molecule has 6 heterocycles. The summed E-state index contributed by atoms with van der Waals surface area (Å²) in [7, 11) is 0. The molecule has 1 aromatic rings. The molecular weight excluding hydrogens is 536 g/mol. The van der Waals surface area contributed by atoms with Crippen molar-refractivity contribution in [2.75, 3.05) is 32.7 Å². The van der Waals surface area contributed by atoms with E-state index in [2.05, 4.69) is 40.2 Å². The van der Waals surface area contributed by atoms with E-state index in [1.807, 2.05) is 12.1 Å². The van der Waals surface area contributed by atoms with E-state index in [1.165, 1.54) is 24.3 Å². The molecule has 1 aliphatic carbocycles. The zero-order valence-corrected chi connectivity index (χ0v) is 25.3. The number of benzene rings is 1. The minimum absolute atomic E-state index is 0.0397. The molecule has 0 amide bonds. The van der Waals surface area contributed by atoms with Crippen LogP contribution in [0.3, 0.4) is 0 Å². The lowest BCUT2D eigenvalue weighted by Gasteiger charge is -2.58. The van der Waals surface area contributed by atoms with E-state index in [-0.39, 0.29) is 23.1 Å². The Kier molecular flexibility index (Phi) is 6.94. The van der Waals surface area contributed by atoms with Crippen LogP contribution in [0, 0.1) is 11.3 Å². The van der Waals surface area contributed by atoms with Gasteiger partial charge >= 0.3 is 0 Å². The summed E-state index contributed by atoms with van der Waals surface area (Å²) >= 11 is 0. The number of hydroxylamine groups is 2. The monoisotopic (exact) mass is 582 g/mol. The minimum Gasteiger partial charge on any atom is -0.508 e. The number of fused-ring (bicyclic) bond motifs is 4. The molecule has 0 saturated carbocycles. The van der Waals surface area contributed by atoms with Crippen LogP contribution in [0.25, 0.3) is 5.57 Å². The Morgan fingerprint density at radius 1 is 0.930 bits per heavy atom. The fraction of sp³-hybridized carbons (Fsp3) is 0.583. The summed E-state index contributed by atoms with van der Waals surface area (Å²) in [5.74, 6) is 0.462. The van der Waals surface area contributed by atoms with Crippen LogP contribution in [0.4, 0.5) is 0 Å². The molecule has 8 rings (SSSR count). The van der Waals surface area contributed by atoms with Gasteiger partial charge in [-0.1, -0.05) is 24.3 Å². The number of allylic oxidation sites excluding steroid dienone is 5. The van der Waals surface area contributed by atoms with E-state index in [4.69, 9.17) is 4.99 Å². The number of hydrogen-bond donors (Lipinski definition) is 3. The Morgan fingerprint density at radius 3 is 2.67 bits per heavy atom. The topological polar surface area (TPSA) is 82.8 Å². The van der Waals surface area contributed by atoms with Crippen molar-refractivity contribution in [2.24, 2.45) is 16.3 Å². The molecular formula is C36H46N4O3. The van der Waals surface area contributed by atoms with Gasteiger partial charge in [0.25, 0.3) is 0 Å². The quantitative estimate of drug-likeness (QED) is 0.432. The molecule has 1 unspecified atom stereocenters. The Balaban J connectivity index is 1.35. The lowest BCUT2D eigenvalue weighted by Crippen LogP contribution is -2.66. The summed E-state index contributed by atoms with van der Waals surface area (Å²) in [5, 5.41) is 38.3. The molecule has 0 aromatic heterocycles. The molecule has 43 heavy (non-hydrogen) atoms. The number of rotatable bonds is 1. The highest BCUT2D eigenvalue weighted by molar-refractivity contribution is 5.71. The van der Waals surface area contributed by atoms with Crippen LogP contribution >= 0.6 is 0 Å². The van der Waals surface area contributed by atoms with Gasteiger partial charge in [-0.3, -0.25) is 15.2 Å². The molecule has 1 aromatic carbocycles. The van der Waals surface area contributed by atoms with E-state index < -0.39 is 5.60 Å². The summed E-state index contributed by atoms with van der Waals surface area (Å²) in [4.78, 5) is 10.5. The van der Waals surface area contributed by atoms with Gasteiger partial charge in [0.1, 0.15) is 5.75 Å². The second-order valence-electron chi connectivity index (χ2n) is 14.1. The van der Waals surface area contributed by atoms with Crippen molar-refractivity contribution in [3.63, 3.8) is 0 Å². The Hall–Kier alpha value is -2.71. The first kappa shape index (κ1) is 27.8. The first-order chi connectivity index (χ1) is 21.0. The van der Waals surface area contributed by atoms with Crippen LogP contribution in [-0.2, 0) is 0 Å². The first-order valence-corrected chi connectivity index (χ1v) is 16.8. The zero-order chi connectivity index (χ0) is 29.2. The third kappa shape index (κ3) is 4.49. The largest absolute Gasteiger partial charge is 0.508 e. The maximum absolute atomic E-state index is 13.1. The summed E-state index contributed by atoms with van der Waals surface area (Å²) < 4.78 is 0. The summed E-state index contributed by atoms with van der Waals surface area (Å²) in [6.07, 6.45) is 22.9. The number of aromatic hydroxyl groups is 1. The SMILES string of the molecule is Oc1ccc2c(c1)=C1CCN(O)C(C3=C[C@@]4(O)CC/C=C\CCCCN5CC[C@@H]3[C@]3(C[C@@H]6/C=C\CCCCN6[C@H]34)C5)=C1N=2. The van der Waals surface area contributed by atoms with Gasteiger partial charge in [-0.15, -0.1) is 0 Å². The molecule has 2 fully saturated rings. The summed E-state index contributed by atoms with van der Waals surface area (Å²) in [5.41, 5.74) is 2.64. The number of piperidine rings is 1. The molecule has 7 heteroatoms. The highest BCUT2D eigenvalue weighted by Crippen LogP contribution is 2.61. The highest BCUT2D eigenvalue weighted by Gasteiger charge is 2.66. The molecule has 2 saturated heterocycles. The second-order valence-corrected chi connectivity index (χ2v) is 14.1. The molecule has 7 nitrogen and oxygen atoms in total. The van der Waals surface area contributed by atoms with Gasteiger partial charge < -0.3 is 15.1 Å². The molecule has 1 spiro atoms. The lowest BCUT2D eigenvalue weighted by molar-refractivity contribution is -0.102. The van der Waals surface area contributed by atoms with Crippen LogP contribution in [0.1, 0.15) is 70.6 Å². The Bertz CT molecular complexity index is 1540. The van der Waals surface area contributed by atoms with Gasteiger partial charge in [0.2, 0.25) is 0 Å². The van der Waals surface area contributed by atoms with E-state index in [1.54, 1.807) is 6.07 Å². The summed E-state index contributed by atoms with van der Waals surface area (Å²) in [6, 6.07) is 5.76. The second kappa shape index (κ2) is 10.7. The van der Waals surface area contributed by atoms with E-state index in [9.17, 15) is 15.4 Å². The van der Waals surface area contributed by atoms with Crippen molar-refractivity contribution >= 4 is 5.57 Å². The third-order valence-corrected chi connectivity index (χ3v) is 11.6. The van der Waals surface area contributed by atoms with Gasteiger partial charge in [-0.05, 0) is 132 Å². The molecule has 6 atom stereocenters. The molecule has 228 valence electrons. The van der Waals surface area contributed by atoms with Crippen molar-refractivity contribution < 1.29 is 15.4 Å². The molecule has 3 bridgehead atoms. The number of aliphatic hydroxyl groups is 1. The number of phenols is 1. The normalized spacial score (nSPS) is 39.1. The van der Waals surface area contributed by atoms with E-state index >= 15 is 0 Å². The van der Waals surface area contributed by atoms with Crippen molar-refractivity contribution in [2.45, 2.75) is 88.3 Å². The Labute approximate surface area is 254 Å². The van der Waals surface area contributed by atoms with Crippen molar-refractivity contribution in [1.29, 1.82) is 0 Å². The van der Waals surface area contributed by atoms with Crippen LogP contribution in [-0.4, -0.2) is 80.7 Å². The standard InChI is InChI=1S/C36H46N4O3/c41-26-12-13-31-28(21-26)27-14-20-40(43)33(32(27)37-31)29-23-36(42)16-8-4-1-2-5-9-17-38-19-15-30(29)35(24-38)22-25-11-7-3-6-10-18-39(25)34(35)36/h1,4,7,11-13,21,23,25,30,34,41-43H,2-3,5-6,8-10,14-20,22,24H2/b4-1-,11-7-/t25-,30-,34+,35-,36-/m0/s1. The van der Waals surface area contributed by atoms with Crippen LogP contribution in [0.15, 0.2) is 70.5 Å². The number of phenolic OH excluding ortho intramolecular Hbond substituents is 1.